The predicted molar refractivity (Wildman–Crippen MR) is 49.4 cm³/mol. The van der Waals surface area contributed by atoms with Gasteiger partial charge in [0.15, 0.2) is 0 Å². The third kappa shape index (κ3) is 2.01. The highest BCUT2D eigenvalue weighted by molar-refractivity contribution is 6.87. The van der Waals surface area contributed by atoms with Crippen molar-refractivity contribution in [3.8, 4) is 0 Å². The van der Waals surface area contributed by atoms with E-state index in [2.05, 4.69) is 29.6 Å². The molecule has 0 aliphatic rings. The van der Waals surface area contributed by atoms with Gasteiger partial charge in [0.2, 0.25) is 0 Å². The van der Waals surface area contributed by atoms with E-state index in [1.165, 1.54) is 0 Å². The Kier molecular flexibility index (Phi) is 1.95. The van der Waals surface area contributed by atoms with Crippen molar-refractivity contribution in [2.45, 2.75) is 19.6 Å². The summed E-state index contributed by atoms with van der Waals surface area (Å²) >= 11 is 0. The summed E-state index contributed by atoms with van der Waals surface area (Å²) in [6.45, 7) is 6.59. The molecule has 1 heterocycles. The van der Waals surface area contributed by atoms with Crippen LogP contribution in [0, 0.1) is 0 Å². The van der Waals surface area contributed by atoms with E-state index < -0.39 is 8.07 Å². The minimum atomic E-state index is -1.37. The summed E-state index contributed by atoms with van der Waals surface area (Å²) in [5, 5.41) is 0. The van der Waals surface area contributed by atoms with Crippen LogP contribution in [0.3, 0.4) is 0 Å². The SMILES string of the molecule is C[Si](C)(C)c1nccc(N)n1. The van der Waals surface area contributed by atoms with Crippen LogP contribution in [0.4, 0.5) is 5.82 Å². The van der Waals surface area contributed by atoms with Crippen LogP contribution in [-0.4, -0.2) is 18.0 Å². The van der Waals surface area contributed by atoms with Gasteiger partial charge in [-0.05, 0) is 6.07 Å². The third-order valence-electron chi connectivity index (χ3n) is 1.35. The molecule has 0 bridgehead atoms. The van der Waals surface area contributed by atoms with Gasteiger partial charge in [0.25, 0.3) is 0 Å². The molecule has 0 aliphatic heterocycles. The Morgan fingerprint density at radius 1 is 1.36 bits per heavy atom. The summed E-state index contributed by atoms with van der Waals surface area (Å²) < 4.78 is 0. The summed E-state index contributed by atoms with van der Waals surface area (Å²) in [6, 6.07) is 1.71. The monoisotopic (exact) mass is 167 g/mol. The molecule has 0 saturated carbocycles. The molecule has 0 spiro atoms. The Labute approximate surface area is 67.7 Å². The van der Waals surface area contributed by atoms with Crippen LogP contribution in [0.2, 0.25) is 19.6 Å². The lowest BCUT2D eigenvalue weighted by Crippen LogP contribution is -2.42. The number of anilines is 1. The number of nitrogens with zero attached hydrogens (tertiary/aromatic N) is 2. The molecule has 1 aromatic rings. The third-order valence-corrected chi connectivity index (χ3v) is 2.93. The average molecular weight is 167 g/mol. The molecule has 4 heteroatoms. The zero-order valence-corrected chi connectivity index (χ0v) is 8.13. The number of nitrogen functional groups attached to an aromatic ring is 1. The molecule has 0 saturated heterocycles. The molecule has 3 nitrogen and oxygen atoms in total. The van der Waals surface area contributed by atoms with Crippen LogP contribution in [-0.2, 0) is 0 Å². The van der Waals surface area contributed by atoms with Gasteiger partial charge < -0.3 is 5.73 Å². The predicted octanol–water partition coefficient (Wildman–Crippen LogP) is 0.604. The quantitative estimate of drug-likeness (QED) is 0.623. The van der Waals surface area contributed by atoms with Crippen LogP contribution >= 0.6 is 0 Å². The van der Waals surface area contributed by atoms with E-state index in [9.17, 15) is 0 Å². The lowest BCUT2D eigenvalue weighted by Gasteiger charge is -2.12. The molecule has 0 amide bonds. The van der Waals surface area contributed by atoms with Gasteiger partial charge in [0.1, 0.15) is 19.3 Å². The maximum Gasteiger partial charge on any atom is 0.126 e. The van der Waals surface area contributed by atoms with Crippen LogP contribution in [0.5, 0.6) is 0 Å². The second-order valence-electron chi connectivity index (χ2n) is 3.56. The first-order valence-corrected chi connectivity index (χ1v) is 7.09. The van der Waals surface area contributed by atoms with Gasteiger partial charge in [-0.15, -0.1) is 0 Å². The van der Waals surface area contributed by atoms with E-state index in [0.29, 0.717) is 5.82 Å². The Balaban J connectivity index is 3.06. The fourth-order valence-electron chi connectivity index (χ4n) is 0.734. The van der Waals surface area contributed by atoms with Crippen molar-refractivity contribution < 1.29 is 0 Å². The van der Waals surface area contributed by atoms with Gasteiger partial charge in [-0.1, -0.05) is 19.6 Å². The van der Waals surface area contributed by atoms with Gasteiger partial charge in [-0.2, -0.15) is 0 Å². The zero-order valence-electron chi connectivity index (χ0n) is 7.13. The maximum absolute atomic E-state index is 5.53. The van der Waals surface area contributed by atoms with Gasteiger partial charge in [0, 0.05) is 6.20 Å². The minimum absolute atomic E-state index is 0.567. The molecule has 60 valence electrons. The molecule has 0 unspecified atom stereocenters. The van der Waals surface area contributed by atoms with Gasteiger partial charge >= 0.3 is 0 Å². The highest BCUT2D eigenvalue weighted by atomic mass is 28.3. The highest BCUT2D eigenvalue weighted by Gasteiger charge is 2.19. The van der Waals surface area contributed by atoms with Gasteiger partial charge in [0.05, 0.1) is 0 Å². The minimum Gasteiger partial charge on any atom is -0.384 e. The standard InChI is InChI=1S/C7H13N3Si/c1-11(2,3)7-9-5-4-6(8)10-7/h4-5H,1-3H3,(H2,8,9,10). The Morgan fingerprint density at radius 3 is 2.36 bits per heavy atom. The van der Waals surface area contributed by atoms with Crippen LogP contribution < -0.4 is 11.2 Å². The second-order valence-corrected chi connectivity index (χ2v) is 8.50. The molecule has 0 aliphatic carbocycles. The normalized spacial score (nSPS) is 11.5. The Bertz CT molecular complexity index is 254. The first-order chi connectivity index (χ1) is 5.00. The smallest absolute Gasteiger partial charge is 0.126 e. The van der Waals surface area contributed by atoms with Crippen molar-refractivity contribution in [3.05, 3.63) is 12.3 Å². The first kappa shape index (κ1) is 8.20. The van der Waals surface area contributed by atoms with Crippen molar-refractivity contribution in [1.29, 1.82) is 0 Å². The van der Waals surface area contributed by atoms with Gasteiger partial charge in [-0.3, -0.25) is 0 Å². The zero-order chi connectivity index (χ0) is 8.48. The van der Waals surface area contributed by atoms with Crippen LogP contribution in [0.1, 0.15) is 0 Å². The topological polar surface area (TPSA) is 51.8 Å². The summed E-state index contributed by atoms with van der Waals surface area (Å²) in [5.41, 5.74) is 6.45. The molecular weight excluding hydrogens is 154 g/mol. The van der Waals surface area contributed by atoms with Crippen LogP contribution in [0.25, 0.3) is 0 Å². The lowest BCUT2D eigenvalue weighted by molar-refractivity contribution is 1.22. The van der Waals surface area contributed by atoms with Crippen molar-refractivity contribution in [2.24, 2.45) is 0 Å². The number of hydrogen-bond acceptors (Lipinski definition) is 3. The van der Waals surface area contributed by atoms with Crippen LogP contribution in [0.15, 0.2) is 12.3 Å². The number of aromatic nitrogens is 2. The fourth-order valence-corrected chi connectivity index (χ4v) is 1.66. The highest BCUT2D eigenvalue weighted by Crippen LogP contribution is 1.98. The lowest BCUT2D eigenvalue weighted by atomic mass is 10.6. The van der Waals surface area contributed by atoms with Crippen molar-refractivity contribution in [1.82, 2.24) is 9.97 Å². The summed E-state index contributed by atoms with van der Waals surface area (Å²) in [4.78, 5) is 8.35. The van der Waals surface area contributed by atoms with Crippen molar-refractivity contribution >= 4 is 19.3 Å². The average Bonchev–Trinajstić information content (AvgIpc) is 1.86. The first-order valence-electron chi connectivity index (χ1n) is 3.59. The van der Waals surface area contributed by atoms with E-state index in [-0.39, 0.29) is 0 Å². The number of hydrogen-bond donors (Lipinski definition) is 1. The molecule has 0 aromatic carbocycles. The van der Waals surface area contributed by atoms with E-state index >= 15 is 0 Å². The largest absolute Gasteiger partial charge is 0.384 e. The van der Waals surface area contributed by atoms with Crippen molar-refractivity contribution in [3.63, 3.8) is 0 Å². The van der Waals surface area contributed by atoms with E-state index in [1.807, 2.05) is 0 Å². The Hall–Kier alpha value is -0.903. The Morgan fingerprint density at radius 2 is 2.00 bits per heavy atom. The van der Waals surface area contributed by atoms with E-state index in [4.69, 9.17) is 5.73 Å². The van der Waals surface area contributed by atoms with Gasteiger partial charge in [-0.25, -0.2) is 9.97 Å². The molecular formula is C7H13N3Si. The van der Waals surface area contributed by atoms with Crippen molar-refractivity contribution in [2.75, 3.05) is 5.73 Å². The molecule has 1 aromatic heterocycles. The number of rotatable bonds is 1. The molecule has 0 radical (unpaired) electrons. The molecule has 2 N–H and O–H groups in total. The summed E-state index contributed by atoms with van der Waals surface area (Å²) in [5.74, 6) is 0.567. The molecule has 0 atom stereocenters. The fraction of sp³-hybridized carbons (Fsp3) is 0.429. The molecule has 11 heavy (non-hydrogen) atoms. The molecule has 0 fully saturated rings. The number of nitrogens with two attached hydrogens (primary N) is 1. The second kappa shape index (κ2) is 2.62. The summed E-state index contributed by atoms with van der Waals surface area (Å²) in [6.07, 6.45) is 1.72. The van der Waals surface area contributed by atoms with E-state index in [1.54, 1.807) is 12.3 Å². The maximum atomic E-state index is 5.53. The van der Waals surface area contributed by atoms with E-state index in [0.717, 1.165) is 5.45 Å². The summed E-state index contributed by atoms with van der Waals surface area (Å²) in [7, 11) is -1.37. The molecule has 1 rings (SSSR count).